The first-order chi connectivity index (χ1) is 11.1. The van der Waals surface area contributed by atoms with Gasteiger partial charge in [0.1, 0.15) is 0 Å². The summed E-state index contributed by atoms with van der Waals surface area (Å²) in [5.74, 6) is -0.366. The van der Waals surface area contributed by atoms with Crippen LogP contribution in [0.2, 0.25) is 0 Å². The van der Waals surface area contributed by atoms with Gasteiger partial charge in [0, 0.05) is 24.5 Å². The molecule has 1 aromatic carbocycles. The number of nitrogen functional groups attached to an aromatic ring is 1. The highest BCUT2D eigenvalue weighted by atomic mass is 19.4. The van der Waals surface area contributed by atoms with Gasteiger partial charge in [-0.1, -0.05) is 0 Å². The second-order valence-electron chi connectivity index (χ2n) is 6.18. The fraction of sp³-hybridized carbons (Fsp3) is 0.562. The van der Waals surface area contributed by atoms with Crippen LogP contribution in [0.5, 0.6) is 0 Å². The molecule has 5 nitrogen and oxygen atoms in total. The van der Waals surface area contributed by atoms with E-state index in [2.05, 4.69) is 5.32 Å². The number of carbonyl (C=O) groups excluding carboxylic acids is 1. The Morgan fingerprint density at radius 3 is 2.46 bits per heavy atom. The summed E-state index contributed by atoms with van der Waals surface area (Å²) in [4.78, 5) is 14.3. The van der Waals surface area contributed by atoms with Gasteiger partial charge in [-0.15, -0.1) is 0 Å². The molecule has 0 spiro atoms. The number of nitrogens with zero attached hydrogens (tertiary/aromatic N) is 1. The number of rotatable bonds is 3. The molecule has 1 heterocycles. The van der Waals surface area contributed by atoms with Crippen molar-refractivity contribution in [1.29, 1.82) is 0 Å². The first-order valence-electron chi connectivity index (χ1n) is 7.75. The minimum atomic E-state index is -4.56. The quantitative estimate of drug-likeness (QED) is 0.827. The van der Waals surface area contributed by atoms with Gasteiger partial charge in [-0.05, 0) is 39.0 Å². The summed E-state index contributed by atoms with van der Waals surface area (Å²) in [5, 5.41) is 2.53. The van der Waals surface area contributed by atoms with E-state index in [0.717, 1.165) is 12.1 Å². The Labute approximate surface area is 138 Å². The molecule has 1 saturated heterocycles. The minimum absolute atomic E-state index is 0.00245. The van der Waals surface area contributed by atoms with Crippen molar-refractivity contribution in [3.8, 4) is 0 Å². The molecule has 24 heavy (non-hydrogen) atoms. The highest BCUT2D eigenvalue weighted by Crippen LogP contribution is 2.35. The van der Waals surface area contributed by atoms with Gasteiger partial charge in [0.2, 0.25) is 5.91 Å². The molecule has 0 bridgehead atoms. The van der Waals surface area contributed by atoms with Crippen molar-refractivity contribution in [2.45, 2.75) is 45.2 Å². The topological polar surface area (TPSA) is 67.6 Å². The molecule has 1 aliphatic heterocycles. The van der Waals surface area contributed by atoms with Gasteiger partial charge in [-0.25, -0.2) is 0 Å². The van der Waals surface area contributed by atoms with E-state index < -0.39 is 17.8 Å². The summed E-state index contributed by atoms with van der Waals surface area (Å²) in [6.45, 7) is 6.75. The van der Waals surface area contributed by atoms with Crippen molar-refractivity contribution in [1.82, 2.24) is 4.90 Å². The van der Waals surface area contributed by atoms with Gasteiger partial charge < -0.3 is 15.8 Å². The molecular formula is C16H22F3N3O2. The largest absolute Gasteiger partial charge is 0.418 e. The van der Waals surface area contributed by atoms with Gasteiger partial charge in [0.15, 0.2) is 0 Å². The predicted molar refractivity (Wildman–Crippen MR) is 85.5 cm³/mol. The molecule has 3 unspecified atom stereocenters. The van der Waals surface area contributed by atoms with Gasteiger partial charge in [-0.3, -0.25) is 9.69 Å². The maximum atomic E-state index is 12.9. The monoisotopic (exact) mass is 345 g/mol. The lowest BCUT2D eigenvalue weighted by Gasteiger charge is -2.38. The van der Waals surface area contributed by atoms with E-state index in [1.54, 1.807) is 6.92 Å². The van der Waals surface area contributed by atoms with E-state index in [1.807, 2.05) is 18.7 Å². The number of benzene rings is 1. The van der Waals surface area contributed by atoms with E-state index in [9.17, 15) is 18.0 Å². The van der Waals surface area contributed by atoms with Crippen LogP contribution in [0.1, 0.15) is 26.3 Å². The first kappa shape index (κ1) is 18.5. The highest BCUT2D eigenvalue weighted by molar-refractivity contribution is 5.94. The SMILES string of the molecule is CC1CN(C(C)C(=O)Nc2ccc(N)c(C(F)(F)F)c2)CC(C)O1. The van der Waals surface area contributed by atoms with Crippen molar-refractivity contribution in [3.05, 3.63) is 23.8 Å². The average Bonchev–Trinajstić information content (AvgIpc) is 2.46. The number of nitrogens with two attached hydrogens (primary N) is 1. The standard InChI is InChI=1S/C16H22F3N3O2/c1-9-7-22(8-10(2)24-9)11(3)15(23)21-12-4-5-14(20)13(6-12)16(17,18)19/h4-6,9-11H,7-8,20H2,1-3H3,(H,21,23). The van der Waals surface area contributed by atoms with Crippen molar-refractivity contribution in [2.24, 2.45) is 0 Å². The number of amides is 1. The van der Waals surface area contributed by atoms with Crippen molar-refractivity contribution < 1.29 is 22.7 Å². The number of ether oxygens (including phenoxy) is 1. The molecular weight excluding hydrogens is 323 g/mol. The molecule has 0 radical (unpaired) electrons. The van der Waals surface area contributed by atoms with Crippen molar-refractivity contribution in [3.63, 3.8) is 0 Å². The van der Waals surface area contributed by atoms with Crippen LogP contribution in [0.3, 0.4) is 0 Å². The fourth-order valence-electron chi connectivity index (χ4n) is 2.83. The first-order valence-corrected chi connectivity index (χ1v) is 7.75. The molecule has 8 heteroatoms. The maximum Gasteiger partial charge on any atom is 0.418 e. The Morgan fingerprint density at radius 2 is 1.92 bits per heavy atom. The number of hydrogen-bond donors (Lipinski definition) is 2. The van der Waals surface area contributed by atoms with Crippen LogP contribution in [0.15, 0.2) is 18.2 Å². The molecule has 1 amide bonds. The third-order valence-corrected chi connectivity index (χ3v) is 4.00. The Morgan fingerprint density at radius 1 is 1.33 bits per heavy atom. The second kappa shape index (κ2) is 6.98. The number of hydrogen-bond acceptors (Lipinski definition) is 4. The molecule has 1 fully saturated rings. The summed E-state index contributed by atoms with van der Waals surface area (Å²) >= 11 is 0. The number of alkyl halides is 3. The lowest BCUT2D eigenvalue weighted by molar-refractivity contribution is -0.137. The van der Waals surface area contributed by atoms with E-state index in [0.29, 0.717) is 13.1 Å². The van der Waals surface area contributed by atoms with Crippen molar-refractivity contribution >= 4 is 17.3 Å². The molecule has 134 valence electrons. The second-order valence-corrected chi connectivity index (χ2v) is 6.18. The van der Waals surface area contributed by atoms with Gasteiger partial charge in [0.25, 0.3) is 0 Å². The lowest BCUT2D eigenvalue weighted by atomic mass is 10.1. The Kier molecular flexibility index (Phi) is 5.39. The Hall–Kier alpha value is -1.80. The molecule has 2 rings (SSSR count). The zero-order valence-electron chi connectivity index (χ0n) is 13.9. The van der Waals surface area contributed by atoms with Crippen LogP contribution in [0.4, 0.5) is 24.5 Å². The summed E-state index contributed by atoms with van der Waals surface area (Å²) < 4.78 is 44.3. The zero-order chi connectivity index (χ0) is 18.1. The zero-order valence-corrected chi connectivity index (χ0v) is 13.9. The van der Waals surface area contributed by atoms with E-state index in [-0.39, 0.29) is 29.5 Å². The van der Waals surface area contributed by atoms with E-state index in [4.69, 9.17) is 10.5 Å². The number of nitrogens with one attached hydrogen (secondary N) is 1. The molecule has 3 N–H and O–H groups in total. The van der Waals surface area contributed by atoms with Crippen LogP contribution in [-0.2, 0) is 15.7 Å². The summed E-state index contributed by atoms with van der Waals surface area (Å²) in [7, 11) is 0. The van der Waals surface area contributed by atoms with Gasteiger partial charge in [-0.2, -0.15) is 13.2 Å². The average molecular weight is 345 g/mol. The smallest absolute Gasteiger partial charge is 0.398 e. The van der Waals surface area contributed by atoms with E-state index in [1.165, 1.54) is 6.07 Å². The normalized spacial score (nSPS) is 23.8. The fourth-order valence-corrected chi connectivity index (χ4v) is 2.83. The number of carbonyl (C=O) groups is 1. The summed E-state index contributed by atoms with van der Waals surface area (Å²) in [5.41, 5.74) is 4.10. The van der Waals surface area contributed by atoms with Crippen LogP contribution in [0, 0.1) is 0 Å². The molecule has 0 saturated carbocycles. The summed E-state index contributed by atoms with van der Waals surface area (Å²) in [6, 6.07) is 2.87. The number of halogens is 3. The summed E-state index contributed by atoms with van der Waals surface area (Å²) in [6.07, 6.45) is -4.57. The predicted octanol–water partition coefficient (Wildman–Crippen LogP) is 2.72. The van der Waals surface area contributed by atoms with Crippen LogP contribution >= 0.6 is 0 Å². The van der Waals surface area contributed by atoms with Crippen molar-refractivity contribution in [2.75, 3.05) is 24.1 Å². The van der Waals surface area contributed by atoms with Crippen LogP contribution < -0.4 is 11.1 Å². The maximum absolute atomic E-state index is 12.9. The Bertz CT molecular complexity index is 597. The molecule has 1 aliphatic rings. The molecule has 0 aliphatic carbocycles. The van der Waals surface area contributed by atoms with Crippen LogP contribution in [0.25, 0.3) is 0 Å². The van der Waals surface area contributed by atoms with Gasteiger partial charge >= 0.3 is 6.18 Å². The van der Waals surface area contributed by atoms with Crippen LogP contribution in [-0.4, -0.2) is 42.1 Å². The minimum Gasteiger partial charge on any atom is -0.398 e. The lowest BCUT2D eigenvalue weighted by Crippen LogP contribution is -2.52. The Balaban J connectivity index is 2.09. The molecule has 1 aromatic rings. The third-order valence-electron chi connectivity index (χ3n) is 4.00. The van der Waals surface area contributed by atoms with E-state index >= 15 is 0 Å². The number of anilines is 2. The molecule has 0 aromatic heterocycles. The third kappa shape index (κ3) is 4.39. The van der Waals surface area contributed by atoms with Gasteiger partial charge in [0.05, 0.1) is 23.8 Å². The molecule has 3 atom stereocenters. The highest BCUT2D eigenvalue weighted by Gasteiger charge is 2.34. The number of morpholine rings is 1.